The van der Waals surface area contributed by atoms with Crippen LogP contribution in [0.5, 0.6) is 0 Å². The molecule has 0 saturated carbocycles. The summed E-state index contributed by atoms with van der Waals surface area (Å²) in [5.74, 6) is 0. The Bertz CT molecular complexity index is 1240. The standard InChI is InChI=1S/C59H102OSi/c1-57(2,3)52-44-34-30-26-22-18-14-10-12-16-20-24-28-32-38-46-54(60-61(59(7,8)9,55-48-40-36-41-49-55)56-50-42-37-43-51-56)47-39-33-29-25-21-17-13-11-15-19-23-27-31-35-45-53-58(4,5)6/h10-11,14-15,36-37,40-43,48-51,54H,12-13,16-35,38-39,44-47,52-53H2,1-9H3/b14-10-,15-11-. The summed E-state index contributed by atoms with van der Waals surface area (Å²) in [6.07, 6.45) is 50.4. The quantitative estimate of drug-likeness (QED) is 0.0377. The van der Waals surface area contributed by atoms with Crippen molar-refractivity contribution in [2.24, 2.45) is 10.8 Å². The summed E-state index contributed by atoms with van der Waals surface area (Å²) in [6.45, 7) is 21.5. The number of hydrogen-bond donors (Lipinski definition) is 0. The van der Waals surface area contributed by atoms with Gasteiger partial charge in [0.05, 0.1) is 0 Å². The third-order valence-electron chi connectivity index (χ3n) is 13.0. The SMILES string of the molecule is CC(C)(C)CCCCCCC/C=C\CCCCCCCCC(CCCCCCCC/C=C\CCCCCCCC(C)(C)C)O[Si](c1ccccc1)(c1ccccc1)C(C)(C)C. The predicted octanol–water partition coefficient (Wildman–Crippen LogP) is 18.8. The molecule has 0 aromatic heterocycles. The van der Waals surface area contributed by atoms with Crippen molar-refractivity contribution in [3.63, 3.8) is 0 Å². The van der Waals surface area contributed by atoms with Gasteiger partial charge in [0.2, 0.25) is 0 Å². The Kier molecular flexibility index (Phi) is 29.6. The van der Waals surface area contributed by atoms with Crippen LogP contribution < -0.4 is 10.4 Å². The molecule has 0 N–H and O–H groups in total. The summed E-state index contributed by atoms with van der Waals surface area (Å²) in [5, 5.41) is 2.86. The number of allylic oxidation sites excluding steroid dienone is 4. The molecule has 0 saturated heterocycles. The maximum absolute atomic E-state index is 7.77. The molecule has 0 fully saturated rings. The third kappa shape index (κ3) is 27.1. The second-order valence-corrected chi connectivity index (χ2v) is 26.7. The van der Waals surface area contributed by atoms with Gasteiger partial charge in [-0.3, -0.25) is 0 Å². The molecule has 0 aliphatic rings. The van der Waals surface area contributed by atoms with Crippen LogP contribution in [0.1, 0.15) is 255 Å². The van der Waals surface area contributed by atoms with Crippen molar-refractivity contribution in [2.75, 3.05) is 0 Å². The van der Waals surface area contributed by atoms with Crippen LogP contribution in [0.15, 0.2) is 85.0 Å². The summed E-state index contributed by atoms with van der Waals surface area (Å²) < 4.78 is 7.77. The van der Waals surface area contributed by atoms with E-state index in [0.29, 0.717) is 16.9 Å². The molecule has 0 unspecified atom stereocenters. The Hall–Kier alpha value is -1.90. The van der Waals surface area contributed by atoms with Crippen LogP contribution in [-0.2, 0) is 4.43 Å². The highest BCUT2D eigenvalue weighted by atomic mass is 28.4. The van der Waals surface area contributed by atoms with Crippen LogP contribution in [0.25, 0.3) is 0 Å². The largest absolute Gasteiger partial charge is 0.404 e. The van der Waals surface area contributed by atoms with E-state index in [1.807, 2.05) is 0 Å². The van der Waals surface area contributed by atoms with Crippen LogP contribution in [-0.4, -0.2) is 14.4 Å². The zero-order chi connectivity index (χ0) is 44.6. The maximum atomic E-state index is 7.77. The molecule has 2 aromatic carbocycles. The fourth-order valence-corrected chi connectivity index (χ4v) is 14.0. The van der Waals surface area contributed by atoms with E-state index in [9.17, 15) is 0 Å². The molecule has 2 rings (SSSR count). The summed E-state index contributed by atoms with van der Waals surface area (Å²) in [4.78, 5) is 0. The molecule has 0 aliphatic carbocycles. The lowest BCUT2D eigenvalue weighted by Crippen LogP contribution is -2.67. The summed E-state index contributed by atoms with van der Waals surface area (Å²) in [6, 6.07) is 22.7. The molecule has 2 aromatic rings. The fraction of sp³-hybridized carbons (Fsp3) is 0.729. The van der Waals surface area contributed by atoms with Gasteiger partial charge >= 0.3 is 0 Å². The Morgan fingerprint density at radius 1 is 0.377 bits per heavy atom. The van der Waals surface area contributed by atoms with E-state index >= 15 is 0 Å². The van der Waals surface area contributed by atoms with Crippen molar-refractivity contribution in [1.82, 2.24) is 0 Å². The Morgan fingerprint density at radius 3 is 0.951 bits per heavy atom. The molecule has 0 aliphatic heterocycles. The first-order valence-corrected chi connectivity index (χ1v) is 28.2. The van der Waals surface area contributed by atoms with Crippen molar-refractivity contribution in [1.29, 1.82) is 0 Å². The number of benzene rings is 2. The smallest absolute Gasteiger partial charge is 0.261 e. The highest BCUT2D eigenvalue weighted by Gasteiger charge is 2.51. The number of hydrogen-bond acceptors (Lipinski definition) is 1. The van der Waals surface area contributed by atoms with Gasteiger partial charge in [-0.15, -0.1) is 0 Å². The van der Waals surface area contributed by atoms with Crippen LogP contribution >= 0.6 is 0 Å². The normalized spacial score (nSPS) is 13.1. The van der Waals surface area contributed by atoms with Crippen molar-refractivity contribution in [3.8, 4) is 0 Å². The zero-order valence-corrected chi connectivity index (χ0v) is 43.3. The molecule has 0 heterocycles. The van der Waals surface area contributed by atoms with Crippen molar-refractivity contribution in [3.05, 3.63) is 85.0 Å². The van der Waals surface area contributed by atoms with Gasteiger partial charge in [0.1, 0.15) is 0 Å². The van der Waals surface area contributed by atoms with Crippen LogP contribution in [0.3, 0.4) is 0 Å². The molecule has 0 spiro atoms. The van der Waals surface area contributed by atoms with E-state index in [-0.39, 0.29) is 5.04 Å². The van der Waals surface area contributed by atoms with E-state index in [0.717, 1.165) is 0 Å². The van der Waals surface area contributed by atoms with E-state index in [1.54, 1.807) is 0 Å². The lowest BCUT2D eigenvalue weighted by molar-refractivity contribution is 0.160. The summed E-state index contributed by atoms with van der Waals surface area (Å²) in [5.41, 5.74) is 0.992. The maximum Gasteiger partial charge on any atom is 0.261 e. The highest BCUT2D eigenvalue weighted by Crippen LogP contribution is 2.39. The topological polar surface area (TPSA) is 9.23 Å². The summed E-state index contributed by atoms with van der Waals surface area (Å²) >= 11 is 0. The first-order valence-electron chi connectivity index (χ1n) is 26.3. The van der Waals surface area contributed by atoms with Crippen LogP contribution in [0.4, 0.5) is 0 Å². The molecule has 348 valence electrons. The van der Waals surface area contributed by atoms with Crippen LogP contribution in [0.2, 0.25) is 5.04 Å². The zero-order valence-electron chi connectivity index (χ0n) is 42.3. The second-order valence-electron chi connectivity index (χ2n) is 22.5. The second kappa shape index (κ2) is 32.7. The molecule has 61 heavy (non-hydrogen) atoms. The first-order chi connectivity index (χ1) is 29.2. The van der Waals surface area contributed by atoms with Crippen LogP contribution in [0, 0.1) is 10.8 Å². The monoisotopic (exact) mass is 855 g/mol. The average Bonchev–Trinajstić information content (AvgIpc) is 3.21. The van der Waals surface area contributed by atoms with Gasteiger partial charge in [0.25, 0.3) is 8.32 Å². The van der Waals surface area contributed by atoms with E-state index in [1.165, 1.54) is 203 Å². The number of rotatable bonds is 36. The minimum absolute atomic E-state index is 0.0225. The van der Waals surface area contributed by atoms with Gasteiger partial charge < -0.3 is 4.43 Å². The van der Waals surface area contributed by atoms with Gasteiger partial charge in [0.15, 0.2) is 0 Å². The third-order valence-corrected chi connectivity index (χ3v) is 18.1. The predicted molar refractivity (Wildman–Crippen MR) is 278 cm³/mol. The average molecular weight is 856 g/mol. The van der Waals surface area contributed by atoms with Gasteiger partial charge in [-0.05, 0) is 103 Å². The highest BCUT2D eigenvalue weighted by molar-refractivity contribution is 6.99. The lowest BCUT2D eigenvalue weighted by Gasteiger charge is -2.45. The Labute approximate surface area is 383 Å². The molecule has 0 bridgehead atoms. The number of unbranched alkanes of at least 4 members (excludes halogenated alkanes) is 22. The molecular weight excluding hydrogens is 753 g/mol. The molecule has 0 amide bonds. The molecule has 0 atom stereocenters. The molecule has 1 nitrogen and oxygen atoms in total. The Balaban J connectivity index is 1.78. The van der Waals surface area contributed by atoms with Crippen molar-refractivity contribution in [2.45, 2.75) is 266 Å². The van der Waals surface area contributed by atoms with Gasteiger partial charge in [0, 0.05) is 6.10 Å². The fourth-order valence-electron chi connectivity index (χ4n) is 9.25. The van der Waals surface area contributed by atoms with Gasteiger partial charge in [-0.25, -0.2) is 0 Å². The van der Waals surface area contributed by atoms with E-state index in [2.05, 4.69) is 147 Å². The Morgan fingerprint density at radius 2 is 0.656 bits per heavy atom. The molecule has 2 heteroatoms. The van der Waals surface area contributed by atoms with Gasteiger partial charge in [-0.2, -0.15) is 0 Å². The van der Waals surface area contributed by atoms with E-state index < -0.39 is 8.32 Å². The lowest BCUT2D eigenvalue weighted by atomic mass is 9.89. The molecule has 0 radical (unpaired) electrons. The van der Waals surface area contributed by atoms with Gasteiger partial charge in [-0.1, -0.05) is 263 Å². The minimum atomic E-state index is -2.56. The van der Waals surface area contributed by atoms with Crippen molar-refractivity contribution >= 4 is 18.7 Å². The van der Waals surface area contributed by atoms with E-state index in [4.69, 9.17) is 4.43 Å². The van der Waals surface area contributed by atoms with Crippen molar-refractivity contribution < 1.29 is 4.43 Å². The first kappa shape index (κ1) is 55.2. The molecular formula is C59H102OSi. The minimum Gasteiger partial charge on any atom is -0.404 e. The summed E-state index contributed by atoms with van der Waals surface area (Å²) in [7, 11) is -2.56.